The van der Waals surface area contributed by atoms with E-state index in [2.05, 4.69) is 51.7 Å². The lowest BCUT2D eigenvalue weighted by atomic mass is 9.95. The molecule has 0 saturated heterocycles. The standard InChI is InChI=1S/C15H33NS/c1-6-9-16-15(10-14(7-2)8-3)12-17-11-13(4)5/h13-16H,6-12H2,1-5H3. The van der Waals surface area contributed by atoms with Crippen molar-refractivity contribution in [3.8, 4) is 0 Å². The summed E-state index contributed by atoms with van der Waals surface area (Å²) < 4.78 is 0. The van der Waals surface area contributed by atoms with Crippen molar-refractivity contribution in [3.63, 3.8) is 0 Å². The molecule has 0 aromatic heterocycles. The van der Waals surface area contributed by atoms with Crippen molar-refractivity contribution < 1.29 is 0 Å². The number of rotatable bonds is 11. The minimum absolute atomic E-state index is 0.726. The summed E-state index contributed by atoms with van der Waals surface area (Å²) in [4.78, 5) is 0. The average Bonchev–Trinajstić information content (AvgIpc) is 2.31. The largest absolute Gasteiger partial charge is 0.313 e. The SMILES string of the molecule is CCCNC(CSCC(C)C)CC(CC)CC. The van der Waals surface area contributed by atoms with Crippen molar-refractivity contribution in [2.45, 2.75) is 66.3 Å². The smallest absolute Gasteiger partial charge is 0.0160 e. The van der Waals surface area contributed by atoms with E-state index in [9.17, 15) is 0 Å². The molecule has 0 fully saturated rings. The van der Waals surface area contributed by atoms with Gasteiger partial charge < -0.3 is 5.32 Å². The van der Waals surface area contributed by atoms with Gasteiger partial charge in [0.05, 0.1) is 0 Å². The first-order valence-electron chi connectivity index (χ1n) is 7.45. The monoisotopic (exact) mass is 259 g/mol. The van der Waals surface area contributed by atoms with E-state index in [4.69, 9.17) is 0 Å². The van der Waals surface area contributed by atoms with Crippen molar-refractivity contribution in [3.05, 3.63) is 0 Å². The van der Waals surface area contributed by atoms with Gasteiger partial charge in [0.2, 0.25) is 0 Å². The van der Waals surface area contributed by atoms with Crippen LogP contribution < -0.4 is 5.32 Å². The molecule has 0 spiro atoms. The van der Waals surface area contributed by atoms with E-state index in [1.807, 2.05) is 0 Å². The van der Waals surface area contributed by atoms with Crippen LogP contribution in [0.4, 0.5) is 0 Å². The van der Waals surface area contributed by atoms with Crippen LogP contribution in [0.15, 0.2) is 0 Å². The molecule has 2 heteroatoms. The summed E-state index contributed by atoms with van der Waals surface area (Å²) in [7, 11) is 0. The Labute approximate surface area is 114 Å². The van der Waals surface area contributed by atoms with Crippen molar-refractivity contribution in [2.75, 3.05) is 18.1 Å². The Kier molecular flexibility index (Phi) is 11.6. The first-order chi connectivity index (χ1) is 8.13. The lowest BCUT2D eigenvalue weighted by molar-refractivity contribution is 0.384. The van der Waals surface area contributed by atoms with Crippen LogP contribution in [0, 0.1) is 11.8 Å². The van der Waals surface area contributed by atoms with Crippen LogP contribution in [-0.2, 0) is 0 Å². The summed E-state index contributed by atoms with van der Waals surface area (Å²) in [5.74, 6) is 4.31. The maximum Gasteiger partial charge on any atom is 0.0160 e. The maximum atomic E-state index is 3.72. The molecule has 0 amide bonds. The van der Waals surface area contributed by atoms with Crippen molar-refractivity contribution in [1.82, 2.24) is 5.32 Å². The Morgan fingerprint density at radius 2 is 1.65 bits per heavy atom. The number of hydrogen-bond donors (Lipinski definition) is 1. The zero-order valence-electron chi connectivity index (χ0n) is 12.6. The minimum Gasteiger partial charge on any atom is -0.313 e. The Morgan fingerprint density at radius 1 is 1.00 bits per heavy atom. The van der Waals surface area contributed by atoms with Crippen LogP contribution in [0.2, 0.25) is 0 Å². The van der Waals surface area contributed by atoms with E-state index in [1.54, 1.807) is 0 Å². The summed E-state index contributed by atoms with van der Waals surface area (Å²) in [6, 6.07) is 0.726. The summed E-state index contributed by atoms with van der Waals surface area (Å²) in [5.41, 5.74) is 0. The van der Waals surface area contributed by atoms with E-state index in [0.717, 1.165) is 17.9 Å². The van der Waals surface area contributed by atoms with Gasteiger partial charge in [-0.1, -0.05) is 47.5 Å². The lowest BCUT2D eigenvalue weighted by Crippen LogP contribution is -2.34. The third-order valence-corrected chi connectivity index (χ3v) is 4.77. The number of nitrogens with one attached hydrogen (secondary N) is 1. The molecule has 1 atom stereocenters. The van der Waals surface area contributed by atoms with E-state index in [0.29, 0.717) is 0 Å². The van der Waals surface area contributed by atoms with Crippen LogP contribution >= 0.6 is 11.8 Å². The van der Waals surface area contributed by atoms with Crippen molar-refractivity contribution in [1.29, 1.82) is 0 Å². The molecule has 0 aromatic rings. The second kappa shape index (κ2) is 11.4. The first-order valence-corrected chi connectivity index (χ1v) is 8.60. The Balaban J connectivity index is 3.94. The molecule has 0 aromatic carbocycles. The molecule has 0 heterocycles. The van der Waals surface area contributed by atoms with Gasteiger partial charge >= 0.3 is 0 Å². The molecule has 17 heavy (non-hydrogen) atoms. The van der Waals surface area contributed by atoms with E-state index in [1.165, 1.54) is 43.7 Å². The van der Waals surface area contributed by atoms with Crippen molar-refractivity contribution in [2.24, 2.45) is 11.8 Å². The number of thioether (sulfide) groups is 1. The zero-order valence-corrected chi connectivity index (χ0v) is 13.4. The molecule has 0 radical (unpaired) electrons. The van der Waals surface area contributed by atoms with Crippen LogP contribution in [0.25, 0.3) is 0 Å². The van der Waals surface area contributed by atoms with Gasteiger partial charge in [0.25, 0.3) is 0 Å². The van der Waals surface area contributed by atoms with E-state index >= 15 is 0 Å². The fraction of sp³-hybridized carbons (Fsp3) is 1.00. The van der Waals surface area contributed by atoms with Crippen LogP contribution in [-0.4, -0.2) is 24.1 Å². The molecule has 0 aliphatic heterocycles. The highest BCUT2D eigenvalue weighted by atomic mass is 32.2. The summed E-state index contributed by atoms with van der Waals surface area (Å²) >= 11 is 2.12. The Hall–Kier alpha value is 0.310. The van der Waals surface area contributed by atoms with Crippen LogP contribution in [0.3, 0.4) is 0 Å². The molecule has 1 unspecified atom stereocenters. The molecular weight excluding hydrogens is 226 g/mol. The van der Waals surface area contributed by atoms with Gasteiger partial charge in [0.1, 0.15) is 0 Å². The highest BCUT2D eigenvalue weighted by Gasteiger charge is 2.13. The molecule has 0 rings (SSSR count). The zero-order chi connectivity index (χ0) is 13.1. The molecule has 1 N–H and O–H groups in total. The number of hydrogen-bond acceptors (Lipinski definition) is 2. The summed E-state index contributed by atoms with van der Waals surface area (Å²) in [6.07, 6.45) is 5.26. The quantitative estimate of drug-likeness (QED) is 0.583. The van der Waals surface area contributed by atoms with Crippen LogP contribution in [0.5, 0.6) is 0 Å². The third kappa shape index (κ3) is 9.96. The molecule has 104 valence electrons. The summed E-state index contributed by atoms with van der Waals surface area (Å²) in [5, 5.41) is 3.72. The van der Waals surface area contributed by atoms with E-state index in [-0.39, 0.29) is 0 Å². The van der Waals surface area contributed by atoms with E-state index < -0.39 is 0 Å². The highest BCUT2D eigenvalue weighted by molar-refractivity contribution is 7.99. The van der Waals surface area contributed by atoms with Gasteiger partial charge in [0, 0.05) is 11.8 Å². The van der Waals surface area contributed by atoms with Crippen LogP contribution in [0.1, 0.15) is 60.3 Å². The Morgan fingerprint density at radius 3 is 2.12 bits per heavy atom. The second-order valence-corrected chi connectivity index (χ2v) is 6.58. The first kappa shape index (κ1) is 17.3. The fourth-order valence-electron chi connectivity index (χ4n) is 2.03. The minimum atomic E-state index is 0.726. The predicted molar refractivity (Wildman–Crippen MR) is 82.9 cm³/mol. The topological polar surface area (TPSA) is 12.0 Å². The van der Waals surface area contributed by atoms with Crippen molar-refractivity contribution >= 4 is 11.8 Å². The average molecular weight is 260 g/mol. The van der Waals surface area contributed by atoms with Gasteiger partial charge in [-0.2, -0.15) is 11.8 Å². The van der Waals surface area contributed by atoms with Gasteiger partial charge in [-0.15, -0.1) is 0 Å². The lowest BCUT2D eigenvalue weighted by Gasteiger charge is -2.23. The van der Waals surface area contributed by atoms with Gasteiger partial charge in [-0.05, 0) is 37.0 Å². The third-order valence-electron chi connectivity index (χ3n) is 3.23. The predicted octanol–water partition coefficient (Wildman–Crippen LogP) is 4.57. The Bertz CT molecular complexity index is 155. The maximum absolute atomic E-state index is 3.72. The molecule has 0 aliphatic rings. The fourth-order valence-corrected chi connectivity index (χ4v) is 3.18. The second-order valence-electron chi connectivity index (χ2n) is 5.50. The summed E-state index contributed by atoms with van der Waals surface area (Å²) in [6.45, 7) is 12.7. The molecule has 1 nitrogen and oxygen atoms in total. The molecule has 0 bridgehead atoms. The highest BCUT2D eigenvalue weighted by Crippen LogP contribution is 2.18. The normalized spacial score (nSPS) is 13.6. The van der Waals surface area contributed by atoms with Gasteiger partial charge in [-0.25, -0.2) is 0 Å². The molecule has 0 aliphatic carbocycles. The molecular formula is C15H33NS. The van der Waals surface area contributed by atoms with Gasteiger partial charge in [0.15, 0.2) is 0 Å². The van der Waals surface area contributed by atoms with Gasteiger partial charge in [-0.3, -0.25) is 0 Å². The molecule has 0 saturated carbocycles.